The third-order valence-electron chi connectivity index (χ3n) is 7.85. The summed E-state index contributed by atoms with van der Waals surface area (Å²) in [6.07, 6.45) is 4.25. The molecule has 7 heteroatoms. The lowest BCUT2D eigenvalue weighted by atomic mass is 9.82. The van der Waals surface area contributed by atoms with Crippen LogP contribution in [0.1, 0.15) is 62.0 Å². The van der Waals surface area contributed by atoms with E-state index >= 15 is 0 Å². The molecule has 2 amide bonds. The highest BCUT2D eigenvalue weighted by Crippen LogP contribution is 2.44. The Balaban J connectivity index is 1.09. The van der Waals surface area contributed by atoms with E-state index in [2.05, 4.69) is 34.9 Å². The van der Waals surface area contributed by atoms with Gasteiger partial charge >= 0.3 is 12.1 Å². The largest absolute Gasteiger partial charge is 0.481 e. The Morgan fingerprint density at radius 3 is 2.09 bits per heavy atom. The number of rotatable bonds is 8. The molecule has 0 radical (unpaired) electrons. The van der Waals surface area contributed by atoms with Crippen LogP contribution in [0.2, 0.25) is 0 Å². The highest BCUT2D eigenvalue weighted by Gasteiger charge is 2.46. The fourth-order valence-corrected chi connectivity index (χ4v) is 5.59. The van der Waals surface area contributed by atoms with Crippen molar-refractivity contribution in [3.63, 3.8) is 0 Å². The molecule has 0 heterocycles. The fourth-order valence-electron chi connectivity index (χ4n) is 5.59. The van der Waals surface area contributed by atoms with E-state index in [1.165, 1.54) is 22.3 Å². The van der Waals surface area contributed by atoms with Crippen molar-refractivity contribution in [1.82, 2.24) is 10.6 Å². The molecule has 2 saturated carbocycles. The SMILES string of the molecule is O=C(CC1(NC(=O)OCC2c3ccccc3-c3ccccc32)CC1)NCC1CCC(C(=O)O)CC1. The van der Waals surface area contributed by atoms with Crippen molar-refractivity contribution in [2.45, 2.75) is 56.4 Å². The van der Waals surface area contributed by atoms with Gasteiger partial charge in [0.1, 0.15) is 6.61 Å². The van der Waals surface area contributed by atoms with Crippen molar-refractivity contribution >= 4 is 18.0 Å². The third-order valence-corrected chi connectivity index (χ3v) is 7.85. The van der Waals surface area contributed by atoms with Crippen LogP contribution in [0.5, 0.6) is 0 Å². The maximum atomic E-state index is 12.6. The lowest BCUT2D eigenvalue weighted by molar-refractivity contribution is -0.143. The van der Waals surface area contributed by atoms with E-state index in [-0.39, 0.29) is 30.8 Å². The summed E-state index contributed by atoms with van der Waals surface area (Å²) in [5.41, 5.74) is 4.18. The quantitative estimate of drug-likeness (QED) is 0.522. The van der Waals surface area contributed by atoms with Gasteiger partial charge in [0.15, 0.2) is 0 Å². The van der Waals surface area contributed by atoms with Crippen LogP contribution in [0.4, 0.5) is 4.79 Å². The molecule has 3 aliphatic rings. The van der Waals surface area contributed by atoms with Crippen molar-refractivity contribution < 1.29 is 24.2 Å². The molecule has 0 aliphatic heterocycles. The molecule has 0 saturated heterocycles. The topological polar surface area (TPSA) is 105 Å². The van der Waals surface area contributed by atoms with E-state index < -0.39 is 17.6 Å². The van der Waals surface area contributed by atoms with Gasteiger partial charge in [-0.05, 0) is 66.7 Å². The van der Waals surface area contributed by atoms with E-state index in [0.29, 0.717) is 25.3 Å². The summed E-state index contributed by atoms with van der Waals surface area (Å²) in [6.45, 7) is 0.813. The Morgan fingerprint density at radius 2 is 1.51 bits per heavy atom. The van der Waals surface area contributed by atoms with Gasteiger partial charge in [0, 0.05) is 18.9 Å². The number of alkyl carbamates (subject to hydrolysis) is 1. The van der Waals surface area contributed by atoms with Crippen molar-refractivity contribution in [3.05, 3.63) is 59.7 Å². The number of fused-ring (bicyclic) bond motifs is 3. The average Bonchev–Trinajstić information content (AvgIpc) is 3.53. The van der Waals surface area contributed by atoms with Crippen molar-refractivity contribution in [2.75, 3.05) is 13.2 Å². The summed E-state index contributed by atoms with van der Waals surface area (Å²) >= 11 is 0. The van der Waals surface area contributed by atoms with Crippen LogP contribution < -0.4 is 10.6 Å². The monoisotopic (exact) mass is 476 g/mol. The molecule has 3 N–H and O–H groups in total. The zero-order chi connectivity index (χ0) is 24.4. The Morgan fingerprint density at radius 1 is 0.914 bits per heavy atom. The second-order valence-corrected chi connectivity index (χ2v) is 10.3. The van der Waals surface area contributed by atoms with Gasteiger partial charge in [0.25, 0.3) is 0 Å². The first-order chi connectivity index (χ1) is 16.9. The average molecular weight is 477 g/mol. The molecule has 5 rings (SSSR count). The molecule has 0 bridgehead atoms. The van der Waals surface area contributed by atoms with Gasteiger partial charge in [-0.3, -0.25) is 9.59 Å². The van der Waals surface area contributed by atoms with E-state index in [0.717, 1.165) is 25.7 Å². The summed E-state index contributed by atoms with van der Waals surface area (Å²) in [7, 11) is 0. The normalized spacial score (nSPS) is 21.9. The highest BCUT2D eigenvalue weighted by atomic mass is 16.5. The predicted octanol–water partition coefficient (Wildman–Crippen LogP) is 4.46. The summed E-state index contributed by atoms with van der Waals surface area (Å²) in [6, 6.07) is 16.4. The van der Waals surface area contributed by atoms with Gasteiger partial charge in [-0.2, -0.15) is 0 Å². The van der Waals surface area contributed by atoms with Crippen LogP contribution in [-0.4, -0.2) is 41.8 Å². The van der Waals surface area contributed by atoms with Crippen molar-refractivity contribution in [2.24, 2.45) is 11.8 Å². The number of carboxylic acids is 1. The summed E-state index contributed by atoms with van der Waals surface area (Å²) < 4.78 is 5.65. The standard InChI is InChI=1S/C28H32N2O5/c31-25(29-16-18-9-11-19(12-10-18)26(32)33)15-28(13-14-28)30-27(34)35-17-24-22-7-3-1-5-20(22)21-6-2-4-8-23(21)24/h1-8,18-19,24H,9-17H2,(H,29,31)(H,30,34)(H,32,33). The van der Waals surface area contributed by atoms with Crippen molar-refractivity contribution in [3.8, 4) is 11.1 Å². The molecular formula is C28H32N2O5. The van der Waals surface area contributed by atoms with Gasteiger partial charge in [0.05, 0.1) is 11.5 Å². The molecule has 2 aromatic rings. The third kappa shape index (κ3) is 5.19. The Bertz CT molecular complexity index is 1070. The molecule has 2 aromatic carbocycles. The predicted molar refractivity (Wildman–Crippen MR) is 131 cm³/mol. The first-order valence-corrected chi connectivity index (χ1v) is 12.6. The first kappa shape index (κ1) is 23.4. The summed E-state index contributed by atoms with van der Waals surface area (Å²) in [5, 5.41) is 15.0. The van der Waals surface area contributed by atoms with E-state index in [1.807, 2.05) is 24.3 Å². The van der Waals surface area contributed by atoms with E-state index in [9.17, 15) is 14.4 Å². The van der Waals surface area contributed by atoms with Crippen LogP contribution >= 0.6 is 0 Å². The number of hydrogen-bond acceptors (Lipinski definition) is 4. The number of benzene rings is 2. The minimum atomic E-state index is -0.720. The minimum absolute atomic E-state index is 0.00261. The lowest BCUT2D eigenvalue weighted by Gasteiger charge is -2.26. The Labute approximate surface area is 205 Å². The number of aliphatic carboxylic acids is 1. The van der Waals surface area contributed by atoms with Crippen LogP contribution in [0, 0.1) is 11.8 Å². The van der Waals surface area contributed by atoms with E-state index in [1.54, 1.807) is 0 Å². The van der Waals surface area contributed by atoms with E-state index in [4.69, 9.17) is 9.84 Å². The number of nitrogens with one attached hydrogen (secondary N) is 2. The zero-order valence-corrected chi connectivity index (χ0v) is 19.8. The van der Waals surface area contributed by atoms with Gasteiger partial charge < -0.3 is 20.5 Å². The van der Waals surface area contributed by atoms with Gasteiger partial charge in [-0.15, -0.1) is 0 Å². The first-order valence-electron chi connectivity index (χ1n) is 12.6. The van der Waals surface area contributed by atoms with Crippen LogP contribution in [0.15, 0.2) is 48.5 Å². The number of amides is 2. The van der Waals surface area contributed by atoms with Gasteiger partial charge in [-0.1, -0.05) is 48.5 Å². The van der Waals surface area contributed by atoms with Crippen LogP contribution in [-0.2, 0) is 14.3 Å². The lowest BCUT2D eigenvalue weighted by Crippen LogP contribution is -2.42. The number of hydrogen-bond donors (Lipinski definition) is 3. The minimum Gasteiger partial charge on any atom is -0.481 e. The molecule has 0 spiro atoms. The molecule has 0 atom stereocenters. The molecule has 2 fully saturated rings. The molecule has 0 aromatic heterocycles. The highest BCUT2D eigenvalue weighted by molar-refractivity contribution is 5.80. The Kier molecular flexibility index (Phi) is 6.50. The van der Waals surface area contributed by atoms with Crippen molar-refractivity contribution in [1.29, 1.82) is 0 Å². The maximum absolute atomic E-state index is 12.6. The van der Waals surface area contributed by atoms with Crippen LogP contribution in [0.3, 0.4) is 0 Å². The number of ether oxygens (including phenoxy) is 1. The molecule has 7 nitrogen and oxygen atoms in total. The molecule has 184 valence electrons. The summed E-state index contributed by atoms with van der Waals surface area (Å²) in [5.74, 6) is -0.732. The zero-order valence-electron chi connectivity index (χ0n) is 19.8. The summed E-state index contributed by atoms with van der Waals surface area (Å²) in [4.78, 5) is 36.3. The number of carbonyl (C=O) groups excluding carboxylic acids is 2. The number of carbonyl (C=O) groups is 3. The fraction of sp³-hybridized carbons (Fsp3) is 0.464. The Hall–Kier alpha value is -3.35. The molecule has 3 aliphatic carbocycles. The van der Waals surface area contributed by atoms with Gasteiger partial charge in [-0.25, -0.2) is 4.79 Å². The molecule has 0 unspecified atom stereocenters. The molecular weight excluding hydrogens is 444 g/mol. The maximum Gasteiger partial charge on any atom is 0.407 e. The second-order valence-electron chi connectivity index (χ2n) is 10.3. The number of carboxylic acid groups (broad SMARTS) is 1. The van der Waals surface area contributed by atoms with Gasteiger partial charge in [0.2, 0.25) is 5.91 Å². The molecule has 35 heavy (non-hydrogen) atoms. The smallest absolute Gasteiger partial charge is 0.407 e. The second kappa shape index (κ2) is 9.72. The van der Waals surface area contributed by atoms with Crippen LogP contribution in [0.25, 0.3) is 11.1 Å².